The molecule has 3 aliphatic heterocycles. The summed E-state index contributed by atoms with van der Waals surface area (Å²) in [6.45, 7) is 1.81. The van der Waals surface area contributed by atoms with Gasteiger partial charge in [-0.15, -0.1) is 0 Å². The van der Waals surface area contributed by atoms with E-state index in [1.807, 2.05) is 48.5 Å². The van der Waals surface area contributed by atoms with Crippen LogP contribution in [0.1, 0.15) is 35.2 Å². The standard InChI is InChI=1S/C25H25N5O3/c31-20-9-12-30-21-17(20)7-4-8-18(21)27-24(30)29-13-10-25(11-14-29)23(33)26-19(22(32)28-25)15-16-5-2-1-3-6-16/h1-8,19H,9-15H2,(H,26,33)(H,28,32). The summed E-state index contributed by atoms with van der Waals surface area (Å²) < 4.78 is 2.12. The number of carbonyl (C=O) groups is 3. The monoisotopic (exact) mass is 443 g/mol. The molecule has 0 radical (unpaired) electrons. The lowest BCUT2D eigenvalue weighted by Crippen LogP contribution is -2.72. The third-order valence-electron chi connectivity index (χ3n) is 7.21. The molecule has 6 rings (SSSR count). The number of imidazole rings is 1. The van der Waals surface area contributed by atoms with Crippen molar-refractivity contribution in [2.45, 2.75) is 43.8 Å². The smallest absolute Gasteiger partial charge is 0.246 e. The molecule has 8 nitrogen and oxygen atoms in total. The third-order valence-corrected chi connectivity index (χ3v) is 7.21. The highest BCUT2D eigenvalue weighted by Crippen LogP contribution is 2.33. The van der Waals surface area contributed by atoms with Crippen molar-refractivity contribution < 1.29 is 14.4 Å². The number of nitrogens with one attached hydrogen (secondary N) is 2. The SMILES string of the molecule is O=C1CCn2c(N3CCC4(CC3)NC(=O)C(Cc3ccccc3)NC4=O)nc3cccc1c32. The van der Waals surface area contributed by atoms with Crippen LogP contribution in [0.2, 0.25) is 0 Å². The quantitative estimate of drug-likeness (QED) is 0.644. The summed E-state index contributed by atoms with van der Waals surface area (Å²) in [5, 5.41) is 6.02. The number of hydrogen-bond donors (Lipinski definition) is 2. The van der Waals surface area contributed by atoms with E-state index in [2.05, 4.69) is 20.1 Å². The van der Waals surface area contributed by atoms with Gasteiger partial charge < -0.3 is 20.1 Å². The van der Waals surface area contributed by atoms with Crippen molar-refractivity contribution in [3.63, 3.8) is 0 Å². The van der Waals surface area contributed by atoms with Gasteiger partial charge in [0.05, 0.1) is 11.0 Å². The summed E-state index contributed by atoms with van der Waals surface area (Å²) in [6.07, 6.45) is 1.97. The predicted molar refractivity (Wildman–Crippen MR) is 123 cm³/mol. The van der Waals surface area contributed by atoms with Gasteiger partial charge in [-0.2, -0.15) is 0 Å². The minimum absolute atomic E-state index is 0.106. The lowest BCUT2D eigenvalue weighted by atomic mass is 9.83. The number of nitrogens with zero attached hydrogens (tertiary/aromatic N) is 3. The number of benzene rings is 2. The van der Waals surface area contributed by atoms with Gasteiger partial charge in [0, 0.05) is 38.0 Å². The maximum absolute atomic E-state index is 13.1. The molecular formula is C25H25N5O3. The topological polar surface area (TPSA) is 96.3 Å². The first-order valence-electron chi connectivity index (χ1n) is 11.5. The molecule has 1 aromatic heterocycles. The number of ketones is 1. The summed E-state index contributed by atoms with van der Waals surface area (Å²) in [7, 11) is 0. The van der Waals surface area contributed by atoms with Crippen LogP contribution in [0.5, 0.6) is 0 Å². The molecule has 2 amide bonds. The molecule has 1 atom stereocenters. The highest BCUT2D eigenvalue weighted by molar-refractivity contribution is 6.08. The van der Waals surface area contributed by atoms with E-state index in [4.69, 9.17) is 4.98 Å². The van der Waals surface area contributed by atoms with Crippen LogP contribution < -0.4 is 15.5 Å². The van der Waals surface area contributed by atoms with E-state index >= 15 is 0 Å². The fourth-order valence-corrected chi connectivity index (χ4v) is 5.38. The number of piperazine rings is 1. The molecule has 3 aromatic rings. The van der Waals surface area contributed by atoms with E-state index in [9.17, 15) is 14.4 Å². The molecule has 0 bridgehead atoms. The Hall–Kier alpha value is -3.68. The van der Waals surface area contributed by atoms with E-state index in [0.29, 0.717) is 45.3 Å². The van der Waals surface area contributed by atoms with Crippen molar-refractivity contribution in [2.75, 3.05) is 18.0 Å². The van der Waals surface area contributed by atoms with Crippen molar-refractivity contribution in [1.82, 2.24) is 20.2 Å². The maximum atomic E-state index is 13.1. The molecule has 1 spiro atoms. The van der Waals surface area contributed by atoms with Crippen LogP contribution in [-0.2, 0) is 22.6 Å². The minimum atomic E-state index is -0.879. The Bertz CT molecular complexity index is 1270. The van der Waals surface area contributed by atoms with Crippen molar-refractivity contribution in [2.24, 2.45) is 0 Å². The number of rotatable bonds is 3. The molecule has 0 aliphatic carbocycles. The highest BCUT2D eigenvalue weighted by Gasteiger charge is 2.48. The van der Waals surface area contributed by atoms with Gasteiger partial charge in [0.15, 0.2) is 5.78 Å². The molecule has 2 fully saturated rings. The average molecular weight is 444 g/mol. The summed E-state index contributed by atoms with van der Waals surface area (Å²) in [5.74, 6) is 0.759. The molecule has 168 valence electrons. The van der Waals surface area contributed by atoms with Crippen LogP contribution >= 0.6 is 0 Å². The third kappa shape index (κ3) is 3.20. The van der Waals surface area contributed by atoms with E-state index in [1.54, 1.807) is 0 Å². The molecule has 8 heteroatoms. The van der Waals surface area contributed by atoms with Crippen LogP contribution in [-0.4, -0.2) is 51.8 Å². The van der Waals surface area contributed by atoms with E-state index < -0.39 is 11.6 Å². The molecule has 4 heterocycles. The fraction of sp³-hybridized carbons (Fsp3) is 0.360. The summed E-state index contributed by atoms with van der Waals surface area (Å²) in [5.41, 5.74) is 2.59. The number of carbonyl (C=O) groups excluding carboxylic acids is 3. The molecule has 2 aromatic carbocycles. The second-order valence-electron chi connectivity index (χ2n) is 9.18. The average Bonchev–Trinajstić information content (AvgIpc) is 3.21. The number of amides is 2. The Balaban J connectivity index is 1.20. The number of anilines is 1. The molecule has 3 aliphatic rings. The van der Waals surface area contributed by atoms with Crippen molar-refractivity contribution >= 4 is 34.6 Å². The number of hydrogen-bond acceptors (Lipinski definition) is 5. The Morgan fingerprint density at radius 3 is 2.55 bits per heavy atom. The fourth-order valence-electron chi connectivity index (χ4n) is 5.38. The van der Waals surface area contributed by atoms with E-state index in [-0.39, 0.29) is 17.6 Å². The number of aryl methyl sites for hydroxylation is 1. The van der Waals surface area contributed by atoms with Gasteiger partial charge in [-0.05, 0) is 30.5 Å². The lowest BCUT2D eigenvalue weighted by molar-refractivity contribution is -0.142. The summed E-state index contributed by atoms with van der Waals surface area (Å²) in [4.78, 5) is 45.3. The van der Waals surface area contributed by atoms with Crippen molar-refractivity contribution in [3.8, 4) is 0 Å². The number of piperidine rings is 1. The van der Waals surface area contributed by atoms with Crippen LogP contribution in [0.15, 0.2) is 48.5 Å². The second-order valence-corrected chi connectivity index (χ2v) is 9.18. The van der Waals surface area contributed by atoms with Crippen molar-refractivity contribution in [1.29, 1.82) is 0 Å². The molecule has 33 heavy (non-hydrogen) atoms. The molecule has 1 unspecified atom stereocenters. The summed E-state index contributed by atoms with van der Waals surface area (Å²) >= 11 is 0. The molecular weight excluding hydrogens is 418 g/mol. The molecule has 2 N–H and O–H groups in total. The van der Waals surface area contributed by atoms with Crippen LogP contribution in [0.25, 0.3) is 11.0 Å². The Labute approximate surface area is 191 Å². The number of aromatic nitrogens is 2. The minimum Gasteiger partial charge on any atom is -0.342 e. The van der Waals surface area contributed by atoms with Crippen LogP contribution in [0.3, 0.4) is 0 Å². The van der Waals surface area contributed by atoms with Gasteiger partial charge in [-0.3, -0.25) is 14.4 Å². The van der Waals surface area contributed by atoms with Gasteiger partial charge in [-0.25, -0.2) is 4.98 Å². The molecule has 2 saturated heterocycles. The van der Waals surface area contributed by atoms with Crippen molar-refractivity contribution in [3.05, 3.63) is 59.7 Å². The lowest BCUT2D eigenvalue weighted by Gasteiger charge is -2.45. The first-order valence-corrected chi connectivity index (χ1v) is 11.5. The largest absolute Gasteiger partial charge is 0.342 e. The van der Waals surface area contributed by atoms with Gasteiger partial charge in [0.2, 0.25) is 17.8 Å². The number of para-hydroxylation sites is 1. The first kappa shape index (κ1) is 20.0. The number of Topliss-reactive ketones (excluding diaryl/α,β-unsaturated/α-hetero) is 1. The van der Waals surface area contributed by atoms with Gasteiger partial charge in [-0.1, -0.05) is 36.4 Å². The second kappa shape index (κ2) is 7.43. The molecule has 0 saturated carbocycles. The van der Waals surface area contributed by atoms with Crippen LogP contribution in [0, 0.1) is 0 Å². The van der Waals surface area contributed by atoms with Gasteiger partial charge >= 0.3 is 0 Å². The van der Waals surface area contributed by atoms with E-state index in [0.717, 1.165) is 28.1 Å². The normalized spacial score (nSPS) is 21.9. The van der Waals surface area contributed by atoms with Gasteiger partial charge in [0.25, 0.3) is 0 Å². The zero-order chi connectivity index (χ0) is 22.6. The highest BCUT2D eigenvalue weighted by atomic mass is 16.2. The Kier molecular flexibility index (Phi) is 4.50. The Morgan fingerprint density at radius 1 is 0.970 bits per heavy atom. The van der Waals surface area contributed by atoms with Crippen LogP contribution in [0.4, 0.5) is 5.95 Å². The van der Waals surface area contributed by atoms with Gasteiger partial charge in [0.1, 0.15) is 11.6 Å². The first-order chi connectivity index (χ1) is 16.0. The predicted octanol–water partition coefficient (Wildman–Crippen LogP) is 1.82. The zero-order valence-electron chi connectivity index (χ0n) is 18.2. The maximum Gasteiger partial charge on any atom is 0.246 e. The zero-order valence-corrected chi connectivity index (χ0v) is 18.2. The summed E-state index contributed by atoms with van der Waals surface area (Å²) in [6, 6.07) is 14.8. The Morgan fingerprint density at radius 2 is 1.76 bits per heavy atom. The van der Waals surface area contributed by atoms with E-state index in [1.165, 1.54) is 0 Å².